The van der Waals surface area contributed by atoms with Crippen LogP contribution < -0.4 is 5.73 Å². The second kappa shape index (κ2) is 5.75. The molecule has 1 aromatic rings. The number of nitrogens with two attached hydrogens (primary N) is 1. The van der Waals surface area contributed by atoms with Crippen molar-refractivity contribution in [2.24, 2.45) is 5.73 Å². The number of hydrogen-bond donors (Lipinski definition) is 1. The normalized spacial score (nSPS) is 27.4. The molecule has 2 aliphatic rings. The number of nitro groups is 1. The summed E-state index contributed by atoms with van der Waals surface area (Å²) in [6, 6.07) is 4.53. The van der Waals surface area contributed by atoms with E-state index < -0.39 is 27.7 Å². The van der Waals surface area contributed by atoms with Crippen molar-refractivity contribution in [3.63, 3.8) is 0 Å². The van der Waals surface area contributed by atoms with Gasteiger partial charge in [-0.25, -0.2) is 4.79 Å². The summed E-state index contributed by atoms with van der Waals surface area (Å²) in [4.78, 5) is 36.0. The molecular weight excluding hydrogens is 334 g/mol. The van der Waals surface area contributed by atoms with Gasteiger partial charge in [-0.2, -0.15) is 0 Å². The maximum Gasteiger partial charge on any atom is 0.330 e. The Morgan fingerprint density at radius 1 is 1.42 bits per heavy atom. The summed E-state index contributed by atoms with van der Waals surface area (Å²) < 4.78 is 4.84. The Kier molecular flexibility index (Phi) is 4.00. The summed E-state index contributed by atoms with van der Waals surface area (Å²) in [5, 5.41) is 10.4. The van der Waals surface area contributed by atoms with E-state index in [9.17, 15) is 19.7 Å². The number of rotatable bonds is 4. The molecule has 2 heterocycles. The Bertz CT molecular complexity index is 706. The molecule has 1 amide bonds. The largest absolute Gasteiger partial charge is 0.459 e. The van der Waals surface area contributed by atoms with Crippen LogP contribution in [-0.2, 0) is 20.9 Å². The van der Waals surface area contributed by atoms with E-state index in [0.29, 0.717) is 5.56 Å². The van der Waals surface area contributed by atoms with E-state index in [1.54, 1.807) is 0 Å². The fourth-order valence-electron chi connectivity index (χ4n) is 2.97. The average Bonchev–Trinajstić information content (AvgIpc) is 2.81. The minimum Gasteiger partial charge on any atom is -0.459 e. The van der Waals surface area contributed by atoms with Gasteiger partial charge in [0.05, 0.1) is 4.92 Å². The fraction of sp³-hybridized carbons (Fsp3) is 0.467. The maximum absolute atomic E-state index is 12.5. The molecule has 9 heteroatoms. The Balaban J connectivity index is 1.66. The minimum atomic E-state index is -0.683. The van der Waals surface area contributed by atoms with Gasteiger partial charge < -0.3 is 15.4 Å². The zero-order valence-electron chi connectivity index (χ0n) is 13.2. The molecule has 0 radical (unpaired) electrons. The Morgan fingerprint density at radius 2 is 2.04 bits per heavy atom. The topological polar surface area (TPSA) is 116 Å². The van der Waals surface area contributed by atoms with Crippen LogP contribution in [0.25, 0.3) is 0 Å². The summed E-state index contributed by atoms with van der Waals surface area (Å²) in [7, 11) is 0. The third kappa shape index (κ3) is 2.63. The lowest BCUT2D eigenvalue weighted by Gasteiger charge is -2.41. The van der Waals surface area contributed by atoms with Gasteiger partial charge in [-0.3, -0.25) is 14.9 Å². The van der Waals surface area contributed by atoms with Gasteiger partial charge in [-0.15, -0.1) is 11.8 Å². The molecule has 2 N–H and O–H groups in total. The van der Waals surface area contributed by atoms with E-state index in [4.69, 9.17) is 10.5 Å². The summed E-state index contributed by atoms with van der Waals surface area (Å²) in [5.41, 5.74) is 6.39. The summed E-state index contributed by atoms with van der Waals surface area (Å²) >= 11 is 1.50. The third-order valence-electron chi connectivity index (χ3n) is 4.23. The van der Waals surface area contributed by atoms with Crippen LogP contribution in [0.4, 0.5) is 5.69 Å². The number of non-ortho nitro benzene ring substituents is 1. The zero-order chi connectivity index (χ0) is 17.6. The number of carbonyl (C=O) groups is 2. The first-order valence-corrected chi connectivity index (χ1v) is 8.26. The van der Waals surface area contributed by atoms with E-state index >= 15 is 0 Å². The molecule has 8 nitrogen and oxygen atoms in total. The standard InChI is InChI=1S/C15H17N3O5S/c1-15(2)11(17-12(19)10(16)13(17)24-15)14(20)23-7-8-3-5-9(6-4-8)18(21)22/h3-6,10-11,13H,7,16H2,1-2H3/t10?,11?,13-/m1/s1. The number of thioether (sulfide) groups is 1. The predicted octanol–water partition coefficient (Wildman–Crippen LogP) is 1.03. The van der Waals surface area contributed by atoms with Gasteiger partial charge in [0, 0.05) is 16.9 Å². The molecule has 2 saturated heterocycles. The van der Waals surface area contributed by atoms with Gasteiger partial charge >= 0.3 is 5.97 Å². The predicted molar refractivity (Wildman–Crippen MR) is 87.0 cm³/mol. The van der Waals surface area contributed by atoms with Crippen LogP contribution in [0.5, 0.6) is 0 Å². The number of nitro benzene ring substituents is 1. The van der Waals surface area contributed by atoms with Crippen molar-refractivity contribution in [3.8, 4) is 0 Å². The van der Waals surface area contributed by atoms with Crippen molar-refractivity contribution in [1.82, 2.24) is 4.90 Å². The van der Waals surface area contributed by atoms with E-state index in [0.717, 1.165) is 0 Å². The molecule has 0 aliphatic carbocycles. The lowest BCUT2D eigenvalue weighted by atomic mass is 9.96. The first kappa shape index (κ1) is 16.7. The molecule has 3 atom stereocenters. The maximum atomic E-state index is 12.5. The van der Waals surface area contributed by atoms with Gasteiger partial charge in [0.15, 0.2) is 0 Å². The number of β-lactam (4-membered cyclic amide) rings is 1. The van der Waals surface area contributed by atoms with Crippen molar-refractivity contribution in [2.75, 3.05) is 0 Å². The summed E-state index contributed by atoms with van der Waals surface area (Å²) in [5.74, 6) is -0.732. The van der Waals surface area contributed by atoms with Crippen LogP contribution in [-0.4, -0.2) is 43.9 Å². The van der Waals surface area contributed by atoms with Crippen molar-refractivity contribution < 1.29 is 19.2 Å². The molecular formula is C15H17N3O5S. The summed E-state index contributed by atoms with van der Waals surface area (Å²) in [6.07, 6.45) is 0. The molecule has 0 saturated carbocycles. The van der Waals surface area contributed by atoms with Gasteiger partial charge in [0.1, 0.15) is 24.1 Å². The highest BCUT2D eigenvalue weighted by atomic mass is 32.2. The van der Waals surface area contributed by atoms with Gasteiger partial charge in [-0.1, -0.05) is 0 Å². The number of benzene rings is 1. The first-order valence-electron chi connectivity index (χ1n) is 7.38. The molecule has 128 valence electrons. The van der Waals surface area contributed by atoms with Gasteiger partial charge in [-0.05, 0) is 31.5 Å². The number of nitrogens with zero attached hydrogens (tertiary/aromatic N) is 2. The minimum absolute atomic E-state index is 0.00712. The molecule has 0 aromatic heterocycles. The monoisotopic (exact) mass is 351 g/mol. The second-order valence-electron chi connectivity index (χ2n) is 6.32. The lowest BCUT2D eigenvalue weighted by molar-refractivity contribution is -0.384. The second-order valence-corrected chi connectivity index (χ2v) is 8.09. The zero-order valence-corrected chi connectivity index (χ0v) is 14.0. The molecule has 0 bridgehead atoms. The first-order chi connectivity index (χ1) is 11.2. The van der Waals surface area contributed by atoms with Crippen LogP contribution in [0.15, 0.2) is 24.3 Å². The van der Waals surface area contributed by atoms with Crippen LogP contribution in [0, 0.1) is 10.1 Å². The Morgan fingerprint density at radius 3 is 2.62 bits per heavy atom. The van der Waals surface area contributed by atoms with Crippen LogP contribution in [0.3, 0.4) is 0 Å². The molecule has 1 aromatic carbocycles. The van der Waals surface area contributed by atoms with Crippen molar-refractivity contribution in [3.05, 3.63) is 39.9 Å². The van der Waals surface area contributed by atoms with Crippen molar-refractivity contribution >= 4 is 29.3 Å². The molecule has 3 rings (SSSR count). The SMILES string of the molecule is CC1(C)S[C@@H]2C(N)C(=O)N2C1C(=O)OCc1ccc([N+](=O)[O-])cc1. The number of ether oxygens (including phenoxy) is 1. The average molecular weight is 351 g/mol. The van der Waals surface area contributed by atoms with E-state index in [-0.39, 0.29) is 23.6 Å². The van der Waals surface area contributed by atoms with E-state index in [2.05, 4.69) is 0 Å². The number of fused-ring (bicyclic) bond motifs is 1. The third-order valence-corrected chi connectivity index (χ3v) is 5.83. The van der Waals surface area contributed by atoms with E-state index in [1.165, 1.54) is 40.9 Å². The van der Waals surface area contributed by atoms with Crippen LogP contribution in [0.1, 0.15) is 19.4 Å². The van der Waals surface area contributed by atoms with Gasteiger partial charge in [0.2, 0.25) is 5.91 Å². The Hall–Kier alpha value is -2.13. The van der Waals surface area contributed by atoms with Crippen molar-refractivity contribution in [1.29, 1.82) is 0 Å². The number of hydrogen-bond acceptors (Lipinski definition) is 7. The molecule has 0 spiro atoms. The van der Waals surface area contributed by atoms with Crippen LogP contribution in [0.2, 0.25) is 0 Å². The molecule has 2 fully saturated rings. The lowest BCUT2D eigenvalue weighted by Crippen LogP contribution is -2.68. The van der Waals surface area contributed by atoms with Crippen molar-refractivity contribution in [2.45, 2.75) is 42.7 Å². The van der Waals surface area contributed by atoms with E-state index in [1.807, 2.05) is 13.8 Å². The quantitative estimate of drug-likeness (QED) is 0.373. The highest BCUT2D eigenvalue weighted by molar-refractivity contribution is 8.01. The summed E-state index contributed by atoms with van der Waals surface area (Å²) in [6.45, 7) is 3.76. The molecule has 2 unspecified atom stereocenters. The van der Waals surface area contributed by atoms with Gasteiger partial charge in [0.25, 0.3) is 5.69 Å². The molecule has 24 heavy (non-hydrogen) atoms. The Labute approximate surface area is 142 Å². The number of carbonyl (C=O) groups excluding carboxylic acids is 2. The van der Waals surface area contributed by atoms with Crippen LogP contribution >= 0.6 is 11.8 Å². The highest BCUT2D eigenvalue weighted by Gasteiger charge is 2.63. The smallest absolute Gasteiger partial charge is 0.330 e. The highest BCUT2D eigenvalue weighted by Crippen LogP contribution is 2.50. The number of amides is 1. The number of esters is 1. The molecule has 2 aliphatic heterocycles. The fourth-order valence-corrected chi connectivity index (χ4v) is 4.53.